The van der Waals surface area contributed by atoms with Crippen molar-refractivity contribution in [3.05, 3.63) is 70.3 Å². The molecule has 0 bridgehead atoms. The fourth-order valence-corrected chi connectivity index (χ4v) is 5.25. The molecule has 2 aromatic rings. The zero-order chi connectivity index (χ0) is 35.7. The average molecular weight is 686 g/mol. The van der Waals surface area contributed by atoms with Gasteiger partial charge in [-0.2, -0.15) is 13.2 Å². The smallest absolute Gasteiger partial charge is 0.418 e. The molecule has 0 aliphatic carbocycles. The van der Waals surface area contributed by atoms with E-state index in [1.807, 2.05) is 5.32 Å². The van der Waals surface area contributed by atoms with Gasteiger partial charge in [-0.25, -0.2) is 0 Å². The molecular weight excluding hydrogens is 643 g/mol. The fourth-order valence-electron chi connectivity index (χ4n) is 5.25. The summed E-state index contributed by atoms with van der Waals surface area (Å²) in [6.07, 6.45) is 12.4. The lowest BCUT2D eigenvalue weighted by atomic mass is 10.0. The Morgan fingerprint density at radius 3 is 1.38 bits per heavy atom. The molecule has 14 nitrogen and oxygen atoms in total. The molecule has 0 heterocycles. The largest absolute Gasteiger partial charge is 0.491 e. The van der Waals surface area contributed by atoms with Crippen molar-refractivity contribution in [2.24, 2.45) is 0 Å². The first-order chi connectivity index (χ1) is 22.8. The van der Waals surface area contributed by atoms with Crippen LogP contribution in [0.25, 0.3) is 0 Å². The second kappa shape index (κ2) is 19.9. The third-order valence-corrected chi connectivity index (χ3v) is 7.79. The second-order valence-corrected chi connectivity index (χ2v) is 11.5. The number of rotatable bonds is 24. The van der Waals surface area contributed by atoms with E-state index in [9.17, 15) is 53.6 Å². The number of ether oxygens (including phenoxy) is 1. The van der Waals surface area contributed by atoms with Crippen molar-refractivity contribution in [3.63, 3.8) is 0 Å². The quantitative estimate of drug-likeness (QED) is 0.0630. The summed E-state index contributed by atoms with van der Waals surface area (Å²) >= 11 is 0. The van der Waals surface area contributed by atoms with Crippen molar-refractivity contribution in [1.29, 1.82) is 0 Å². The summed E-state index contributed by atoms with van der Waals surface area (Å²) in [7, 11) is 0. The standard InChI is InChI=1S/C31H42F3N5O9/c1-2-3-4-5-6-7-8-9-10-11-12-13-14-15-16-17-18-48-28-22-24(37(42)43)21-27(39(46)47)30(28)35-29-25(31(32,33)34)19-23(36(40)41)20-26(29)38(44)45/h19-22,35H,2-18H2,1H3. The van der Waals surface area contributed by atoms with E-state index >= 15 is 0 Å². The van der Waals surface area contributed by atoms with Gasteiger partial charge in [-0.15, -0.1) is 0 Å². The molecule has 17 heteroatoms. The summed E-state index contributed by atoms with van der Waals surface area (Å²) in [5, 5.41) is 48.2. The predicted octanol–water partition coefficient (Wildman–Crippen LogP) is 10.7. The molecule has 0 aliphatic rings. The van der Waals surface area contributed by atoms with Crippen LogP contribution >= 0.6 is 0 Å². The van der Waals surface area contributed by atoms with Crippen LogP contribution in [0.2, 0.25) is 0 Å². The Balaban J connectivity index is 2.06. The third-order valence-electron chi connectivity index (χ3n) is 7.79. The highest BCUT2D eigenvalue weighted by Gasteiger charge is 2.41. The summed E-state index contributed by atoms with van der Waals surface area (Å²) < 4.78 is 47.4. The number of alkyl halides is 3. The first-order valence-corrected chi connectivity index (χ1v) is 16.2. The number of nitro groups is 4. The van der Waals surface area contributed by atoms with Crippen LogP contribution in [-0.4, -0.2) is 26.3 Å². The molecule has 0 unspecified atom stereocenters. The van der Waals surface area contributed by atoms with Crippen LogP contribution in [0.3, 0.4) is 0 Å². The third kappa shape index (κ3) is 12.9. The zero-order valence-electron chi connectivity index (χ0n) is 26.9. The Kier molecular flexibility index (Phi) is 16.5. The van der Waals surface area contributed by atoms with Crippen molar-refractivity contribution < 1.29 is 37.6 Å². The first kappa shape index (κ1) is 39.6. The Morgan fingerprint density at radius 2 is 0.979 bits per heavy atom. The van der Waals surface area contributed by atoms with E-state index in [0.29, 0.717) is 18.9 Å². The van der Waals surface area contributed by atoms with Crippen LogP contribution in [-0.2, 0) is 6.18 Å². The number of unbranched alkanes of at least 4 members (excludes halogenated alkanes) is 15. The highest BCUT2D eigenvalue weighted by molar-refractivity contribution is 5.84. The lowest BCUT2D eigenvalue weighted by Crippen LogP contribution is -2.13. The van der Waals surface area contributed by atoms with Gasteiger partial charge in [-0.3, -0.25) is 40.5 Å². The minimum Gasteiger partial charge on any atom is -0.491 e. The van der Waals surface area contributed by atoms with Crippen molar-refractivity contribution in [2.75, 3.05) is 11.9 Å². The normalized spacial score (nSPS) is 11.3. The van der Waals surface area contributed by atoms with Gasteiger partial charge in [0.1, 0.15) is 5.69 Å². The van der Waals surface area contributed by atoms with E-state index in [2.05, 4.69) is 6.92 Å². The van der Waals surface area contributed by atoms with Crippen LogP contribution in [0.4, 0.5) is 47.3 Å². The summed E-state index contributed by atoms with van der Waals surface area (Å²) in [4.78, 5) is 41.5. The van der Waals surface area contributed by atoms with Gasteiger partial charge in [0.05, 0.1) is 50.1 Å². The molecule has 0 fully saturated rings. The zero-order valence-corrected chi connectivity index (χ0v) is 26.9. The van der Waals surface area contributed by atoms with Crippen molar-refractivity contribution in [1.82, 2.24) is 0 Å². The molecular formula is C31H42F3N5O9. The molecule has 1 N–H and O–H groups in total. The number of nitro benzene ring substituents is 4. The highest BCUT2D eigenvalue weighted by Crippen LogP contribution is 2.47. The number of nitrogens with zero attached hydrogens (tertiary/aromatic N) is 4. The van der Waals surface area contributed by atoms with Gasteiger partial charge in [0, 0.05) is 6.07 Å². The van der Waals surface area contributed by atoms with Crippen molar-refractivity contribution in [2.45, 2.75) is 116 Å². The molecule has 2 aromatic carbocycles. The van der Waals surface area contributed by atoms with Gasteiger partial charge in [0.15, 0.2) is 11.4 Å². The number of hydrogen-bond donors (Lipinski definition) is 1. The van der Waals surface area contributed by atoms with Gasteiger partial charge in [0.2, 0.25) is 0 Å². The van der Waals surface area contributed by atoms with E-state index in [0.717, 1.165) is 31.7 Å². The lowest BCUT2D eigenvalue weighted by molar-refractivity contribution is -0.394. The van der Waals surface area contributed by atoms with Gasteiger partial charge >= 0.3 is 11.9 Å². The van der Waals surface area contributed by atoms with Crippen molar-refractivity contribution >= 4 is 34.1 Å². The fraction of sp³-hybridized carbons (Fsp3) is 0.613. The van der Waals surface area contributed by atoms with Crippen molar-refractivity contribution in [3.8, 4) is 5.75 Å². The van der Waals surface area contributed by atoms with E-state index in [1.165, 1.54) is 64.2 Å². The van der Waals surface area contributed by atoms with E-state index in [4.69, 9.17) is 4.74 Å². The minimum atomic E-state index is -5.37. The van der Waals surface area contributed by atoms with Crippen LogP contribution < -0.4 is 10.1 Å². The molecule has 2 rings (SSSR count). The molecule has 48 heavy (non-hydrogen) atoms. The molecule has 0 saturated carbocycles. The maximum atomic E-state index is 14.0. The van der Waals surface area contributed by atoms with E-state index in [1.54, 1.807) is 0 Å². The Morgan fingerprint density at radius 1 is 0.583 bits per heavy atom. The summed E-state index contributed by atoms with van der Waals surface area (Å²) in [5.41, 5.74) is -8.52. The van der Waals surface area contributed by atoms with Crippen LogP contribution in [0, 0.1) is 40.5 Å². The summed E-state index contributed by atoms with van der Waals surface area (Å²) in [5.74, 6) is -0.586. The molecule has 0 atom stereocenters. The summed E-state index contributed by atoms with van der Waals surface area (Å²) in [6, 6.07) is 1.54. The molecule has 0 saturated heterocycles. The van der Waals surface area contributed by atoms with E-state index < -0.39 is 71.3 Å². The summed E-state index contributed by atoms with van der Waals surface area (Å²) in [6.45, 7) is 2.10. The van der Waals surface area contributed by atoms with E-state index in [-0.39, 0.29) is 18.7 Å². The maximum absolute atomic E-state index is 14.0. The minimum absolute atomic E-state index is 0.0452. The number of non-ortho nitro benzene ring substituents is 2. The topological polar surface area (TPSA) is 194 Å². The number of benzene rings is 2. The molecule has 266 valence electrons. The average Bonchev–Trinajstić information content (AvgIpc) is 3.01. The Hall–Kier alpha value is -4.57. The molecule has 0 aliphatic heterocycles. The predicted molar refractivity (Wildman–Crippen MR) is 173 cm³/mol. The Labute approximate surface area is 275 Å². The Bertz CT molecular complexity index is 1410. The second-order valence-electron chi connectivity index (χ2n) is 11.5. The lowest BCUT2D eigenvalue weighted by Gasteiger charge is -2.17. The number of nitrogens with one attached hydrogen (secondary N) is 1. The molecule has 0 amide bonds. The highest BCUT2D eigenvalue weighted by atomic mass is 19.4. The van der Waals surface area contributed by atoms with Gasteiger partial charge in [-0.05, 0) is 6.42 Å². The first-order valence-electron chi connectivity index (χ1n) is 16.2. The maximum Gasteiger partial charge on any atom is 0.418 e. The van der Waals surface area contributed by atoms with Gasteiger partial charge in [0.25, 0.3) is 17.1 Å². The monoisotopic (exact) mass is 685 g/mol. The van der Waals surface area contributed by atoms with Crippen LogP contribution in [0.1, 0.15) is 115 Å². The molecule has 0 aromatic heterocycles. The molecule has 0 spiro atoms. The number of anilines is 2. The van der Waals surface area contributed by atoms with Crippen LogP contribution in [0.5, 0.6) is 5.75 Å². The molecule has 0 radical (unpaired) electrons. The van der Waals surface area contributed by atoms with Gasteiger partial charge < -0.3 is 10.1 Å². The van der Waals surface area contributed by atoms with Gasteiger partial charge in [-0.1, -0.05) is 103 Å². The number of hydrogen-bond acceptors (Lipinski definition) is 10. The SMILES string of the molecule is CCCCCCCCCCCCCCCCCCOc1cc([N+](=O)[O-])cc([N+](=O)[O-])c1Nc1c([N+](=O)[O-])cc([N+](=O)[O-])cc1C(F)(F)F. The van der Waals surface area contributed by atoms with Crippen LogP contribution in [0.15, 0.2) is 24.3 Å². The number of halogens is 3.